The molecule has 4 rings (SSSR count). The number of Topliss-reactive ketones (excluding diaryl/α,β-unsaturated/α-hetero) is 1. The highest BCUT2D eigenvalue weighted by molar-refractivity contribution is 6.02. The fraction of sp³-hybridized carbons (Fsp3) is 0.417. The summed E-state index contributed by atoms with van der Waals surface area (Å²) >= 11 is 0. The summed E-state index contributed by atoms with van der Waals surface area (Å²) in [7, 11) is 1.66. The molecule has 3 aliphatic carbocycles. The molecule has 0 aliphatic heterocycles. The molecular weight excluding hydrogens is 176 g/mol. The Balaban J connectivity index is 2.14. The predicted molar refractivity (Wildman–Crippen MR) is 52.8 cm³/mol. The lowest BCUT2D eigenvalue weighted by atomic mass is 9.62. The van der Waals surface area contributed by atoms with Crippen LogP contribution in [0.1, 0.15) is 34.7 Å². The molecule has 0 atom stereocenters. The van der Waals surface area contributed by atoms with Crippen LogP contribution in [0.3, 0.4) is 0 Å². The molecule has 0 heterocycles. The van der Waals surface area contributed by atoms with Gasteiger partial charge in [0, 0.05) is 11.5 Å². The average Bonchev–Trinajstić information content (AvgIpc) is 2.15. The van der Waals surface area contributed by atoms with Gasteiger partial charge in [-0.3, -0.25) is 4.79 Å². The van der Waals surface area contributed by atoms with Gasteiger partial charge in [-0.2, -0.15) is 0 Å². The highest BCUT2D eigenvalue weighted by Crippen LogP contribution is 2.50. The maximum Gasteiger partial charge on any atom is 0.166 e. The van der Waals surface area contributed by atoms with Gasteiger partial charge in [0.15, 0.2) is 5.78 Å². The Morgan fingerprint density at radius 1 is 1.29 bits per heavy atom. The van der Waals surface area contributed by atoms with E-state index in [0.29, 0.717) is 17.6 Å². The fourth-order valence-electron chi connectivity index (χ4n) is 2.54. The van der Waals surface area contributed by atoms with Crippen LogP contribution in [0, 0.1) is 5.92 Å². The summed E-state index contributed by atoms with van der Waals surface area (Å²) in [5.41, 5.74) is 2.13. The van der Waals surface area contributed by atoms with Crippen LogP contribution in [0.15, 0.2) is 18.2 Å². The summed E-state index contributed by atoms with van der Waals surface area (Å²) in [6.07, 6.45) is 2.11. The van der Waals surface area contributed by atoms with Gasteiger partial charge in [0.2, 0.25) is 0 Å². The number of carbonyl (C=O) groups is 1. The molecule has 72 valence electrons. The zero-order chi connectivity index (χ0) is 9.71. The Kier molecular flexibility index (Phi) is 1.49. The van der Waals surface area contributed by atoms with Gasteiger partial charge in [0.1, 0.15) is 5.75 Å². The summed E-state index contributed by atoms with van der Waals surface area (Å²) < 4.78 is 5.17. The summed E-state index contributed by atoms with van der Waals surface area (Å²) in [4.78, 5) is 11.8. The molecule has 0 unspecified atom stereocenters. The number of carbonyl (C=O) groups excluding carboxylic acids is 1. The monoisotopic (exact) mass is 188 g/mol. The molecule has 0 aromatic heterocycles. The summed E-state index contributed by atoms with van der Waals surface area (Å²) in [5.74, 6) is 2.13. The first-order chi connectivity index (χ1) is 6.79. The highest BCUT2D eigenvalue weighted by atomic mass is 16.5. The number of benzene rings is 1. The molecule has 1 aromatic rings. The zero-order valence-electron chi connectivity index (χ0n) is 8.12. The molecule has 1 aromatic carbocycles. The van der Waals surface area contributed by atoms with Crippen LogP contribution in [0.2, 0.25) is 0 Å². The van der Waals surface area contributed by atoms with Gasteiger partial charge >= 0.3 is 0 Å². The molecule has 14 heavy (non-hydrogen) atoms. The van der Waals surface area contributed by atoms with E-state index < -0.39 is 0 Å². The van der Waals surface area contributed by atoms with Crippen LogP contribution in [0.25, 0.3) is 0 Å². The lowest BCUT2D eigenvalue weighted by Gasteiger charge is -2.41. The van der Waals surface area contributed by atoms with Gasteiger partial charge < -0.3 is 4.74 Å². The third-order valence-electron chi connectivity index (χ3n) is 3.47. The molecule has 3 aliphatic rings. The van der Waals surface area contributed by atoms with Crippen molar-refractivity contribution in [2.24, 2.45) is 5.92 Å². The fourth-order valence-corrected chi connectivity index (χ4v) is 2.54. The van der Waals surface area contributed by atoms with Crippen LogP contribution < -0.4 is 4.74 Å². The summed E-state index contributed by atoms with van der Waals surface area (Å²) in [6.45, 7) is 0. The van der Waals surface area contributed by atoms with E-state index in [-0.39, 0.29) is 0 Å². The maximum absolute atomic E-state index is 11.8. The zero-order valence-corrected chi connectivity index (χ0v) is 8.12. The van der Waals surface area contributed by atoms with Crippen molar-refractivity contribution < 1.29 is 9.53 Å². The molecular formula is C12H12O2. The number of rotatable bonds is 1. The third kappa shape index (κ3) is 0.884. The van der Waals surface area contributed by atoms with Gasteiger partial charge in [-0.1, -0.05) is 0 Å². The van der Waals surface area contributed by atoms with Crippen molar-refractivity contribution in [1.82, 2.24) is 0 Å². The number of ketones is 1. The van der Waals surface area contributed by atoms with E-state index in [1.54, 1.807) is 7.11 Å². The number of methoxy groups -OCH3 is 1. The molecule has 0 N–H and O–H groups in total. The Morgan fingerprint density at radius 2 is 2.07 bits per heavy atom. The first-order valence-electron chi connectivity index (χ1n) is 5.01. The van der Waals surface area contributed by atoms with Gasteiger partial charge in [-0.25, -0.2) is 0 Å². The van der Waals surface area contributed by atoms with E-state index in [9.17, 15) is 4.79 Å². The van der Waals surface area contributed by atoms with Crippen molar-refractivity contribution in [3.63, 3.8) is 0 Å². The maximum atomic E-state index is 11.8. The van der Waals surface area contributed by atoms with Crippen LogP contribution in [-0.2, 0) is 0 Å². The van der Waals surface area contributed by atoms with Crippen molar-refractivity contribution in [3.8, 4) is 5.75 Å². The minimum atomic E-state index is 0.320. The van der Waals surface area contributed by atoms with E-state index in [1.807, 2.05) is 18.2 Å². The Morgan fingerprint density at radius 3 is 2.79 bits per heavy atom. The highest BCUT2D eigenvalue weighted by Gasteiger charge is 2.42. The van der Waals surface area contributed by atoms with Crippen molar-refractivity contribution in [2.45, 2.75) is 18.8 Å². The smallest absolute Gasteiger partial charge is 0.166 e. The normalized spacial score (nSPS) is 27.9. The van der Waals surface area contributed by atoms with Crippen molar-refractivity contribution in [2.75, 3.05) is 7.11 Å². The SMILES string of the molecule is COc1ccc2c(c1)C1CC(C1)C2=O. The molecule has 2 nitrogen and oxygen atoms in total. The minimum Gasteiger partial charge on any atom is -0.497 e. The quantitative estimate of drug-likeness (QED) is 0.676. The minimum absolute atomic E-state index is 0.320. The summed E-state index contributed by atoms with van der Waals surface area (Å²) in [6, 6.07) is 5.81. The van der Waals surface area contributed by atoms with Gasteiger partial charge in [0.05, 0.1) is 7.11 Å². The van der Waals surface area contributed by atoms with Crippen LogP contribution in [0.4, 0.5) is 0 Å². The van der Waals surface area contributed by atoms with E-state index in [1.165, 1.54) is 5.56 Å². The number of hydrogen-bond donors (Lipinski definition) is 0. The topological polar surface area (TPSA) is 26.3 Å². The number of ether oxygens (including phenoxy) is 1. The molecule has 2 bridgehead atoms. The number of hydrogen-bond acceptors (Lipinski definition) is 2. The van der Waals surface area contributed by atoms with Gasteiger partial charge in [-0.15, -0.1) is 0 Å². The van der Waals surface area contributed by atoms with Crippen LogP contribution in [-0.4, -0.2) is 12.9 Å². The molecule has 0 radical (unpaired) electrons. The molecule has 0 amide bonds. The first kappa shape index (κ1) is 8.04. The van der Waals surface area contributed by atoms with Crippen LogP contribution in [0.5, 0.6) is 5.75 Å². The standard InChI is InChI=1S/C12H12O2/c1-14-9-2-3-10-11(6-9)7-4-8(5-7)12(10)13/h2-3,6-8H,4-5H2,1H3. The second kappa shape index (κ2) is 2.59. The molecule has 0 saturated heterocycles. The van der Waals surface area contributed by atoms with Gasteiger partial charge in [0.25, 0.3) is 0 Å². The summed E-state index contributed by atoms with van der Waals surface area (Å²) in [5, 5.41) is 0. The van der Waals surface area contributed by atoms with Crippen molar-refractivity contribution >= 4 is 5.78 Å². The molecule has 2 heteroatoms. The molecule has 1 saturated carbocycles. The Bertz CT molecular complexity index is 403. The van der Waals surface area contributed by atoms with Gasteiger partial charge in [-0.05, 0) is 42.5 Å². The van der Waals surface area contributed by atoms with Crippen molar-refractivity contribution in [3.05, 3.63) is 29.3 Å². The lowest BCUT2D eigenvalue weighted by molar-refractivity contribution is 0.0792. The third-order valence-corrected chi connectivity index (χ3v) is 3.47. The van der Waals surface area contributed by atoms with Crippen molar-refractivity contribution in [1.29, 1.82) is 0 Å². The largest absolute Gasteiger partial charge is 0.497 e. The Labute approximate surface area is 82.9 Å². The average molecular weight is 188 g/mol. The predicted octanol–water partition coefficient (Wildman–Crippen LogP) is 2.39. The first-order valence-corrected chi connectivity index (χ1v) is 5.01. The molecule has 0 spiro atoms. The van der Waals surface area contributed by atoms with E-state index in [4.69, 9.17) is 4.74 Å². The second-order valence-electron chi connectivity index (χ2n) is 4.18. The van der Waals surface area contributed by atoms with Crippen LogP contribution >= 0.6 is 0 Å². The second-order valence-corrected chi connectivity index (χ2v) is 4.18. The van der Waals surface area contributed by atoms with E-state index in [2.05, 4.69) is 0 Å². The lowest BCUT2D eigenvalue weighted by Crippen LogP contribution is -2.36. The molecule has 1 fully saturated rings. The van der Waals surface area contributed by atoms with E-state index >= 15 is 0 Å². The Hall–Kier alpha value is -1.31. The van der Waals surface area contributed by atoms with E-state index in [0.717, 1.165) is 24.2 Å².